The first-order valence-corrected chi connectivity index (χ1v) is 12.0. The zero-order chi connectivity index (χ0) is 20.5. The van der Waals surface area contributed by atoms with Crippen LogP contribution in [0.2, 0.25) is 0 Å². The van der Waals surface area contributed by atoms with Crippen molar-refractivity contribution in [2.45, 2.75) is 23.3 Å². The first kappa shape index (κ1) is 21.3. The Morgan fingerprint density at radius 1 is 0.897 bits per heavy atom. The van der Waals surface area contributed by atoms with Gasteiger partial charge in [0, 0.05) is 44.6 Å². The van der Waals surface area contributed by atoms with Crippen LogP contribution >= 0.6 is 11.8 Å². The second-order valence-electron chi connectivity index (χ2n) is 6.93. The number of hydrogen-bond acceptors (Lipinski definition) is 3. The maximum atomic E-state index is 12.5. The standard InChI is InChI=1S/C24H25NO2S2/c1-19(16-28-23-13-6-3-7-14-23)24(26)25-22-12-8-11-21(15-22)18-29(27)17-20-9-4-2-5-10-20/h2-15,19H,16-18H2,1H3,(H,25,26). The molecule has 0 spiro atoms. The molecule has 1 N–H and O–H groups in total. The Kier molecular flexibility index (Phi) is 8.08. The predicted molar refractivity (Wildman–Crippen MR) is 123 cm³/mol. The highest BCUT2D eigenvalue weighted by molar-refractivity contribution is 7.99. The SMILES string of the molecule is CC(CSc1ccccc1)C(=O)Nc1cccc(CS(=O)Cc2ccccc2)c1. The van der Waals surface area contributed by atoms with E-state index in [1.165, 1.54) is 0 Å². The molecule has 150 valence electrons. The molecule has 5 heteroatoms. The minimum Gasteiger partial charge on any atom is -0.326 e. The number of hydrogen-bond donors (Lipinski definition) is 1. The molecule has 0 saturated heterocycles. The van der Waals surface area contributed by atoms with Crippen molar-refractivity contribution in [3.05, 3.63) is 96.1 Å². The second-order valence-corrected chi connectivity index (χ2v) is 9.48. The van der Waals surface area contributed by atoms with E-state index in [0.29, 0.717) is 11.5 Å². The molecule has 3 aromatic rings. The normalized spacial score (nSPS) is 12.9. The molecule has 0 saturated carbocycles. The van der Waals surface area contributed by atoms with Crippen LogP contribution in [-0.4, -0.2) is 15.9 Å². The largest absolute Gasteiger partial charge is 0.326 e. The Balaban J connectivity index is 1.52. The van der Waals surface area contributed by atoms with Gasteiger partial charge in [-0.25, -0.2) is 0 Å². The lowest BCUT2D eigenvalue weighted by Gasteiger charge is -2.13. The molecule has 0 aliphatic rings. The monoisotopic (exact) mass is 423 g/mol. The average molecular weight is 424 g/mol. The van der Waals surface area contributed by atoms with E-state index in [4.69, 9.17) is 0 Å². The molecule has 3 aromatic carbocycles. The molecule has 0 bridgehead atoms. The summed E-state index contributed by atoms with van der Waals surface area (Å²) >= 11 is 1.68. The lowest BCUT2D eigenvalue weighted by molar-refractivity contribution is -0.118. The summed E-state index contributed by atoms with van der Waals surface area (Å²) < 4.78 is 12.5. The molecule has 3 rings (SSSR count). The number of amides is 1. The van der Waals surface area contributed by atoms with Gasteiger partial charge < -0.3 is 5.32 Å². The Bertz CT molecular complexity index is 945. The number of rotatable bonds is 9. The number of nitrogens with one attached hydrogen (secondary N) is 1. The van der Waals surface area contributed by atoms with E-state index in [9.17, 15) is 9.00 Å². The third kappa shape index (κ3) is 7.18. The maximum Gasteiger partial charge on any atom is 0.228 e. The van der Waals surface area contributed by atoms with Crippen LogP contribution in [0.5, 0.6) is 0 Å². The van der Waals surface area contributed by atoms with Crippen LogP contribution in [0.15, 0.2) is 89.8 Å². The molecule has 2 unspecified atom stereocenters. The van der Waals surface area contributed by atoms with Crippen LogP contribution in [0.3, 0.4) is 0 Å². The van der Waals surface area contributed by atoms with Gasteiger partial charge in [-0.05, 0) is 35.4 Å². The van der Waals surface area contributed by atoms with Crippen molar-refractivity contribution in [1.29, 1.82) is 0 Å². The summed E-state index contributed by atoms with van der Waals surface area (Å²) in [6.07, 6.45) is 0. The van der Waals surface area contributed by atoms with Crippen molar-refractivity contribution in [2.75, 3.05) is 11.1 Å². The zero-order valence-corrected chi connectivity index (χ0v) is 18.0. The van der Waals surface area contributed by atoms with E-state index in [-0.39, 0.29) is 11.8 Å². The van der Waals surface area contributed by atoms with Crippen molar-refractivity contribution in [2.24, 2.45) is 5.92 Å². The Hall–Kier alpha value is -2.37. The lowest BCUT2D eigenvalue weighted by Crippen LogP contribution is -2.22. The van der Waals surface area contributed by atoms with E-state index in [0.717, 1.165) is 27.5 Å². The fourth-order valence-electron chi connectivity index (χ4n) is 2.82. The highest BCUT2D eigenvalue weighted by atomic mass is 32.2. The van der Waals surface area contributed by atoms with Crippen molar-refractivity contribution >= 4 is 34.2 Å². The van der Waals surface area contributed by atoms with E-state index in [2.05, 4.69) is 5.32 Å². The first-order chi connectivity index (χ1) is 14.1. The number of benzene rings is 3. The summed E-state index contributed by atoms with van der Waals surface area (Å²) in [6.45, 7) is 1.93. The summed E-state index contributed by atoms with van der Waals surface area (Å²) in [4.78, 5) is 13.7. The van der Waals surface area contributed by atoms with Gasteiger partial charge in [0.25, 0.3) is 0 Å². The highest BCUT2D eigenvalue weighted by Gasteiger charge is 2.14. The predicted octanol–water partition coefficient (Wildman–Crippen LogP) is 5.50. The van der Waals surface area contributed by atoms with Gasteiger partial charge in [0.2, 0.25) is 5.91 Å². The van der Waals surface area contributed by atoms with Gasteiger partial charge in [-0.1, -0.05) is 67.6 Å². The fraction of sp³-hybridized carbons (Fsp3) is 0.208. The fourth-order valence-corrected chi connectivity index (χ4v) is 4.98. The minimum atomic E-state index is -0.992. The topological polar surface area (TPSA) is 46.2 Å². The number of carbonyl (C=O) groups excluding carboxylic acids is 1. The third-order valence-corrected chi connectivity index (χ3v) is 6.97. The molecule has 0 aliphatic carbocycles. The van der Waals surface area contributed by atoms with Gasteiger partial charge in [0.15, 0.2) is 0 Å². The number of anilines is 1. The molecule has 3 nitrogen and oxygen atoms in total. The number of thioether (sulfide) groups is 1. The third-order valence-electron chi connectivity index (χ3n) is 4.38. The van der Waals surface area contributed by atoms with Crippen LogP contribution in [-0.2, 0) is 27.1 Å². The van der Waals surface area contributed by atoms with Gasteiger partial charge in [0.1, 0.15) is 0 Å². The molecule has 0 aromatic heterocycles. The molecule has 29 heavy (non-hydrogen) atoms. The summed E-state index contributed by atoms with van der Waals surface area (Å²) in [5, 5.41) is 2.99. The molecule has 1 amide bonds. The average Bonchev–Trinajstić information content (AvgIpc) is 2.73. The first-order valence-electron chi connectivity index (χ1n) is 9.57. The van der Waals surface area contributed by atoms with Gasteiger partial charge in [-0.3, -0.25) is 9.00 Å². The smallest absolute Gasteiger partial charge is 0.228 e. The molecule has 2 atom stereocenters. The second kappa shape index (κ2) is 11.0. The highest BCUT2D eigenvalue weighted by Crippen LogP contribution is 2.21. The van der Waals surface area contributed by atoms with E-state index < -0.39 is 10.8 Å². The van der Waals surface area contributed by atoms with Crippen molar-refractivity contribution < 1.29 is 9.00 Å². The summed E-state index contributed by atoms with van der Waals surface area (Å²) in [5.74, 6) is 1.60. The van der Waals surface area contributed by atoms with E-state index in [1.54, 1.807) is 11.8 Å². The number of carbonyl (C=O) groups is 1. The molecular formula is C24H25NO2S2. The molecule has 0 aliphatic heterocycles. The van der Waals surface area contributed by atoms with Gasteiger partial charge in [-0.2, -0.15) is 0 Å². The quantitative estimate of drug-likeness (QED) is 0.462. The molecule has 0 radical (unpaired) electrons. The van der Waals surface area contributed by atoms with Crippen molar-refractivity contribution in [1.82, 2.24) is 0 Å². The summed E-state index contributed by atoms with van der Waals surface area (Å²) in [7, 11) is -0.992. The molecule has 0 heterocycles. The van der Waals surface area contributed by atoms with E-state index >= 15 is 0 Å². The van der Waals surface area contributed by atoms with Gasteiger partial charge in [-0.15, -0.1) is 11.8 Å². The lowest BCUT2D eigenvalue weighted by atomic mass is 10.2. The van der Waals surface area contributed by atoms with E-state index in [1.807, 2.05) is 91.9 Å². The Labute approximate surface area is 179 Å². The Morgan fingerprint density at radius 2 is 1.52 bits per heavy atom. The summed E-state index contributed by atoms with van der Waals surface area (Å²) in [5.41, 5.74) is 2.78. The molecular weight excluding hydrogens is 398 g/mol. The van der Waals surface area contributed by atoms with Crippen molar-refractivity contribution in [3.8, 4) is 0 Å². The van der Waals surface area contributed by atoms with Crippen LogP contribution in [0, 0.1) is 5.92 Å². The summed E-state index contributed by atoms with van der Waals surface area (Å²) in [6, 6.07) is 27.6. The Morgan fingerprint density at radius 3 is 2.24 bits per heavy atom. The minimum absolute atomic E-state index is 0.00371. The van der Waals surface area contributed by atoms with Gasteiger partial charge >= 0.3 is 0 Å². The van der Waals surface area contributed by atoms with Crippen LogP contribution in [0.4, 0.5) is 5.69 Å². The maximum absolute atomic E-state index is 12.5. The molecule has 0 fully saturated rings. The van der Waals surface area contributed by atoms with Crippen LogP contribution in [0.25, 0.3) is 0 Å². The van der Waals surface area contributed by atoms with Crippen LogP contribution in [0.1, 0.15) is 18.1 Å². The van der Waals surface area contributed by atoms with Crippen molar-refractivity contribution in [3.63, 3.8) is 0 Å². The van der Waals surface area contributed by atoms with Gasteiger partial charge in [0.05, 0.1) is 0 Å². The van der Waals surface area contributed by atoms with Crippen LogP contribution < -0.4 is 5.32 Å². The zero-order valence-electron chi connectivity index (χ0n) is 16.4.